The highest BCUT2D eigenvalue weighted by molar-refractivity contribution is 7.13. The Kier molecular flexibility index (Phi) is 3.52. The van der Waals surface area contributed by atoms with Crippen LogP contribution in [0.2, 0.25) is 0 Å². The van der Waals surface area contributed by atoms with Crippen LogP contribution < -0.4 is 5.32 Å². The molecule has 6 heteroatoms. The number of nitrogens with zero attached hydrogens (tertiary/aromatic N) is 2. The lowest BCUT2D eigenvalue weighted by Gasteiger charge is -2.12. The molecule has 16 heavy (non-hydrogen) atoms. The van der Waals surface area contributed by atoms with Gasteiger partial charge in [-0.1, -0.05) is 0 Å². The van der Waals surface area contributed by atoms with Crippen LogP contribution in [0.25, 0.3) is 0 Å². The van der Waals surface area contributed by atoms with Crippen molar-refractivity contribution in [2.24, 2.45) is 0 Å². The summed E-state index contributed by atoms with van der Waals surface area (Å²) in [5, 5.41) is 14.6. The van der Waals surface area contributed by atoms with Gasteiger partial charge in [-0.15, -0.1) is 11.3 Å². The first kappa shape index (κ1) is 11.5. The van der Waals surface area contributed by atoms with Crippen LogP contribution in [0.1, 0.15) is 19.0 Å². The predicted molar refractivity (Wildman–Crippen MR) is 62.3 cm³/mol. The maximum absolute atomic E-state index is 10.8. The Morgan fingerprint density at radius 1 is 1.81 bits per heavy atom. The summed E-state index contributed by atoms with van der Waals surface area (Å²) in [6, 6.07) is 0. The molecule has 0 aromatic carbocycles. The first-order chi connectivity index (χ1) is 7.63. The number of thiazole rings is 1. The van der Waals surface area contributed by atoms with Crippen molar-refractivity contribution < 1.29 is 9.90 Å². The zero-order valence-corrected chi connectivity index (χ0v) is 9.96. The number of carbonyl (C=O) groups is 1. The number of aromatic nitrogens is 1. The second kappa shape index (κ2) is 4.90. The summed E-state index contributed by atoms with van der Waals surface area (Å²) in [7, 11) is 0. The highest BCUT2D eigenvalue weighted by atomic mass is 32.1. The molecule has 1 saturated heterocycles. The van der Waals surface area contributed by atoms with Crippen molar-refractivity contribution in [3.8, 4) is 0 Å². The minimum absolute atomic E-state index is 0.0995. The van der Waals surface area contributed by atoms with Gasteiger partial charge in [-0.05, 0) is 6.42 Å². The van der Waals surface area contributed by atoms with Crippen LogP contribution in [0.15, 0.2) is 5.38 Å². The molecule has 1 amide bonds. The summed E-state index contributed by atoms with van der Waals surface area (Å²) in [4.78, 5) is 17.3. The number of nitrogens with one attached hydrogen (secondary N) is 1. The number of likely N-dealkylation sites (tertiary alicyclic amines) is 1. The third kappa shape index (κ3) is 3.01. The third-order valence-electron chi connectivity index (χ3n) is 2.47. The lowest BCUT2D eigenvalue weighted by molar-refractivity contribution is -0.114. The normalized spacial score (nSPS) is 21.2. The minimum Gasteiger partial charge on any atom is -0.392 e. The molecule has 1 atom stereocenters. The smallest absolute Gasteiger partial charge is 0.223 e. The SMILES string of the molecule is CC(=O)Nc1nc(CN2CC[C@H](O)C2)cs1. The number of hydrogen-bond donors (Lipinski definition) is 2. The van der Waals surface area contributed by atoms with Crippen LogP contribution in [-0.2, 0) is 11.3 Å². The molecule has 5 nitrogen and oxygen atoms in total. The van der Waals surface area contributed by atoms with E-state index in [0.717, 1.165) is 25.2 Å². The van der Waals surface area contributed by atoms with Gasteiger partial charge in [0, 0.05) is 31.9 Å². The number of rotatable bonds is 3. The van der Waals surface area contributed by atoms with Gasteiger partial charge in [-0.25, -0.2) is 4.98 Å². The maximum atomic E-state index is 10.8. The second-order valence-corrected chi connectivity index (χ2v) is 4.86. The first-order valence-electron chi connectivity index (χ1n) is 5.26. The van der Waals surface area contributed by atoms with Gasteiger partial charge in [0.25, 0.3) is 0 Å². The van der Waals surface area contributed by atoms with E-state index in [4.69, 9.17) is 0 Å². The molecule has 2 N–H and O–H groups in total. The molecular formula is C10H15N3O2S. The number of aliphatic hydroxyl groups excluding tert-OH is 1. The Hall–Kier alpha value is -0.980. The fraction of sp³-hybridized carbons (Fsp3) is 0.600. The summed E-state index contributed by atoms with van der Waals surface area (Å²) in [5.74, 6) is -0.0995. The number of carbonyl (C=O) groups excluding carboxylic acids is 1. The number of aliphatic hydroxyl groups is 1. The van der Waals surface area contributed by atoms with Crippen molar-refractivity contribution in [1.29, 1.82) is 0 Å². The monoisotopic (exact) mass is 241 g/mol. The Bertz CT molecular complexity index is 380. The van der Waals surface area contributed by atoms with E-state index in [9.17, 15) is 9.90 Å². The molecule has 0 unspecified atom stereocenters. The first-order valence-corrected chi connectivity index (χ1v) is 6.14. The molecule has 0 spiro atoms. The van der Waals surface area contributed by atoms with E-state index in [2.05, 4.69) is 15.2 Å². The molecule has 0 saturated carbocycles. The summed E-state index contributed by atoms with van der Waals surface area (Å²) in [5.41, 5.74) is 0.947. The number of amides is 1. The van der Waals surface area contributed by atoms with Gasteiger partial charge in [-0.2, -0.15) is 0 Å². The van der Waals surface area contributed by atoms with Crippen LogP contribution in [0.3, 0.4) is 0 Å². The van der Waals surface area contributed by atoms with E-state index in [-0.39, 0.29) is 12.0 Å². The van der Waals surface area contributed by atoms with Gasteiger partial charge < -0.3 is 10.4 Å². The average molecular weight is 241 g/mol. The molecule has 1 fully saturated rings. The lowest BCUT2D eigenvalue weighted by atomic mass is 10.3. The van der Waals surface area contributed by atoms with E-state index >= 15 is 0 Å². The standard InChI is InChI=1S/C10H15N3O2S/c1-7(14)11-10-12-8(6-16-10)4-13-3-2-9(15)5-13/h6,9,15H,2-5H2,1H3,(H,11,12,14)/t9-/m0/s1. The van der Waals surface area contributed by atoms with Crippen molar-refractivity contribution in [3.05, 3.63) is 11.1 Å². The molecule has 0 bridgehead atoms. The summed E-state index contributed by atoms with van der Waals surface area (Å²) in [6.45, 7) is 3.84. The number of anilines is 1. The highest BCUT2D eigenvalue weighted by Crippen LogP contribution is 2.18. The zero-order chi connectivity index (χ0) is 11.5. The molecule has 1 aromatic rings. The molecule has 0 radical (unpaired) electrons. The van der Waals surface area contributed by atoms with Crippen molar-refractivity contribution >= 4 is 22.4 Å². The molecule has 1 aromatic heterocycles. The summed E-state index contributed by atoms with van der Waals surface area (Å²) < 4.78 is 0. The Balaban J connectivity index is 1.90. The van der Waals surface area contributed by atoms with E-state index in [1.54, 1.807) is 0 Å². The van der Waals surface area contributed by atoms with E-state index in [0.29, 0.717) is 11.7 Å². The lowest BCUT2D eigenvalue weighted by Crippen LogP contribution is -2.21. The Morgan fingerprint density at radius 2 is 2.62 bits per heavy atom. The van der Waals surface area contributed by atoms with Crippen LogP contribution in [0.4, 0.5) is 5.13 Å². The van der Waals surface area contributed by atoms with Gasteiger partial charge in [0.15, 0.2) is 5.13 Å². The van der Waals surface area contributed by atoms with Crippen LogP contribution >= 0.6 is 11.3 Å². The van der Waals surface area contributed by atoms with Crippen molar-refractivity contribution in [1.82, 2.24) is 9.88 Å². The Labute approximate surface area is 98.1 Å². The second-order valence-electron chi connectivity index (χ2n) is 4.00. The molecule has 2 heterocycles. The fourth-order valence-electron chi connectivity index (χ4n) is 1.77. The topological polar surface area (TPSA) is 65.5 Å². The highest BCUT2D eigenvalue weighted by Gasteiger charge is 2.20. The molecule has 88 valence electrons. The molecular weight excluding hydrogens is 226 g/mol. The largest absolute Gasteiger partial charge is 0.392 e. The van der Waals surface area contributed by atoms with Gasteiger partial charge in [0.1, 0.15) is 0 Å². The molecule has 1 aliphatic heterocycles. The average Bonchev–Trinajstić information content (AvgIpc) is 2.76. The van der Waals surface area contributed by atoms with E-state index < -0.39 is 0 Å². The number of hydrogen-bond acceptors (Lipinski definition) is 5. The van der Waals surface area contributed by atoms with Crippen LogP contribution in [-0.4, -0.2) is 40.1 Å². The van der Waals surface area contributed by atoms with Crippen LogP contribution in [0.5, 0.6) is 0 Å². The minimum atomic E-state index is -0.201. The fourth-order valence-corrected chi connectivity index (χ4v) is 2.52. The predicted octanol–water partition coefficient (Wildman–Crippen LogP) is 0.668. The Morgan fingerprint density at radius 3 is 3.25 bits per heavy atom. The van der Waals surface area contributed by atoms with Crippen molar-refractivity contribution in [2.45, 2.75) is 26.0 Å². The van der Waals surface area contributed by atoms with Gasteiger partial charge >= 0.3 is 0 Å². The molecule has 1 aliphatic rings. The van der Waals surface area contributed by atoms with E-state index in [1.807, 2.05) is 5.38 Å². The number of β-amino-alcohol motifs (C(OH)–C–C–N with tert-alkyl or cyclic N) is 1. The quantitative estimate of drug-likeness (QED) is 0.816. The van der Waals surface area contributed by atoms with Crippen LogP contribution in [0, 0.1) is 0 Å². The van der Waals surface area contributed by atoms with Crippen molar-refractivity contribution in [3.63, 3.8) is 0 Å². The summed E-state index contributed by atoms with van der Waals surface area (Å²) >= 11 is 1.43. The van der Waals surface area contributed by atoms with Gasteiger partial charge in [0.2, 0.25) is 5.91 Å². The van der Waals surface area contributed by atoms with Gasteiger partial charge in [0.05, 0.1) is 11.8 Å². The molecule has 0 aliphatic carbocycles. The van der Waals surface area contributed by atoms with Gasteiger partial charge in [-0.3, -0.25) is 9.69 Å². The molecule has 2 rings (SSSR count). The van der Waals surface area contributed by atoms with Crippen molar-refractivity contribution in [2.75, 3.05) is 18.4 Å². The summed E-state index contributed by atoms with van der Waals surface area (Å²) in [6.07, 6.45) is 0.635. The third-order valence-corrected chi connectivity index (χ3v) is 3.27. The van der Waals surface area contributed by atoms with E-state index in [1.165, 1.54) is 18.3 Å². The maximum Gasteiger partial charge on any atom is 0.223 e. The zero-order valence-electron chi connectivity index (χ0n) is 9.14.